The second-order valence-corrected chi connectivity index (χ2v) is 9.73. The number of ether oxygens (including phenoxy) is 2. The molecule has 1 fully saturated rings. The van der Waals surface area contributed by atoms with E-state index in [-0.39, 0.29) is 44.8 Å². The quantitative estimate of drug-likeness (QED) is 0.255. The number of ketones is 1. The Kier molecular flexibility index (Phi) is 8.36. The molecule has 4 rings (SSSR count). The summed E-state index contributed by atoms with van der Waals surface area (Å²) in [5.74, 6) is -1.25. The lowest BCUT2D eigenvalue weighted by Crippen LogP contribution is -2.43. The molecule has 7 nitrogen and oxygen atoms in total. The number of nitrogens with zero attached hydrogens (tertiary/aromatic N) is 1. The van der Waals surface area contributed by atoms with E-state index in [1.165, 1.54) is 50.4 Å². The predicted molar refractivity (Wildman–Crippen MR) is 138 cm³/mol. The Morgan fingerprint density at radius 1 is 1.15 bits per heavy atom. The summed E-state index contributed by atoms with van der Waals surface area (Å²) < 4.78 is 67.4. The molecule has 2 aromatic carbocycles. The summed E-state index contributed by atoms with van der Waals surface area (Å²) in [6.45, 7) is 1.94. The van der Waals surface area contributed by atoms with Crippen molar-refractivity contribution >= 4 is 23.3 Å². The smallest absolute Gasteiger partial charge is 0.422 e. The number of amides is 1. The van der Waals surface area contributed by atoms with Crippen molar-refractivity contribution in [3.8, 4) is 22.8 Å². The average Bonchev–Trinajstić information content (AvgIpc) is 3.32. The molecule has 0 radical (unpaired) electrons. The Morgan fingerprint density at radius 2 is 1.88 bits per heavy atom. The molecule has 12 heteroatoms. The van der Waals surface area contributed by atoms with Gasteiger partial charge in [-0.15, -0.1) is 0 Å². The predicted octanol–water partition coefficient (Wildman–Crippen LogP) is 5.54. The summed E-state index contributed by atoms with van der Waals surface area (Å²) in [7, 11) is 1.30. The van der Waals surface area contributed by atoms with E-state index in [1.807, 2.05) is 0 Å². The molecule has 1 unspecified atom stereocenters. The van der Waals surface area contributed by atoms with Crippen molar-refractivity contribution in [2.75, 3.05) is 13.7 Å². The molecule has 0 saturated carbocycles. The molecule has 40 heavy (non-hydrogen) atoms. The third kappa shape index (κ3) is 5.90. The maximum absolute atomic E-state index is 14.3. The Morgan fingerprint density at radius 3 is 2.48 bits per heavy atom. The number of hydrogen-bond acceptors (Lipinski definition) is 6. The van der Waals surface area contributed by atoms with Crippen LogP contribution in [0.3, 0.4) is 0 Å². The molecule has 1 amide bonds. The topological polar surface area (TPSA) is 97.8 Å². The summed E-state index contributed by atoms with van der Waals surface area (Å²) in [5, 5.41) is 13.5. The maximum atomic E-state index is 14.3. The summed E-state index contributed by atoms with van der Waals surface area (Å²) in [4.78, 5) is 28.6. The minimum absolute atomic E-state index is 0.00270. The van der Waals surface area contributed by atoms with Crippen LogP contribution in [0.1, 0.15) is 40.9 Å². The highest BCUT2D eigenvalue weighted by atomic mass is 35.5. The molecule has 0 bridgehead atoms. The lowest BCUT2D eigenvalue weighted by molar-refractivity contribution is -0.270. The first-order chi connectivity index (χ1) is 18.8. The van der Waals surface area contributed by atoms with E-state index in [2.05, 4.69) is 10.3 Å². The first-order valence-corrected chi connectivity index (χ1v) is 12.6. The number of carbonyl (C=O) groups is 2. The standard InChI is InChI=1S/C28H25ClF4N2O5/c1-15-13-17(3-5-19(15)30)25-22(39-2)7-8-24(35-25)27(38,28(31,32)33)11-9-20(36)16-4-6-21(18(29)14-16)40-23-10-12-34-26(23)37/h3-8,13-14,23,38H,9-12H2,1-2H3,(H,34,37)/t23-,27?/m0/s1. The number of benzene rings is 2. The third-order valence-corrected chi connectivity index (χ3v) is 6.93. The molecular weight excluding hydrogens is 556 g/mol. The molecule has 1 aliphatic rings. The molecule has 0 aliphatic carbocycles. The molecule has 212 valence electrons. The Bertz CT molecular complexity index is 1450. The van der Waals surface area contributed by atoms with Crippen molar-refractivity contribution in [1.82, 2.24) is 10.3 Å². The van der Waals surface area contributed by atoms with Crippen LogP contribution >= 0.6 is 11.6 Å². The molecule has 0 spiro atoms. The highest BCUT2D eigenvalue weighted by Crippen LogP contribution is 2.44. The van der Waals surface area contributed by atoms with E-state index in [4.69, 9.17) is 21.1 Å². The molecule has 2 N–H and O–H groups in total. The van der Waals surface area contributed by atoms with Gasteiger partial charge in [-0.25, -0.2) is 9.37 Å². The van der Waals surface area contributed by atoms with Gasteiger partial charge in [0.05, 0.1) is 17.8 Å². The van der Waals surface area contributed by atoms with Gasteiger partial charge in [0, 0.05) is 30.5 Å². The lowest BCUT2D eigenvalue weighted by Gasteiger charge is -2.30. The summed E-state index contributed by atoms with van der Waals surface area (Å²) in [6, 6.07) is 10.00. The zero-order valence-corrected chi connectivity index (χ0v) is 22.2. The second-order valence-electron chi connectivity index (χ2n) is 9.32. The first kappa shape index (κ1) is 29.3. The third-order valence-electron chi connectivity index (χ3n) is 6.64. The molecular formula is C28H25ClF4N2O5. The summed E-state index contributed by atoms with van der Waals surface area (Å²) >= 11 is 6.20. The number of carbonyl (C=O) groups excluding carboxylic acids is 2. The molecule has 1 aromatic heterocycles. The van der Waals surface area contributed by atoms with E-state index in [0.717, 1.165) is 12.1 Å². The van der Waals surface area contributed by atoms with Crippen LogP contribution in [-0.4, -0.2) is 47.7 Å². The SMILES string of the molecule is COc1ccc(C(O)(CCC(=O)c2ccc(O[C@H]3CCNC3=O)c(Cl)c2)C(F)(F)F)nc1-c1ccc(F)c(C)c1. The fraction of sp³-hybridized carbons (Fsp3) is 0.321. The van der Waals surface area contributed by atoms with E-state index in [9.17, 15) is 32.3 Å². The largest absolute Gasteiger partial charge is 0.494 e. The number of methoxy groups -OCH3 is 1. The number of pyridine rings is 1. The van der Waals surface area contributed by atoms with Crippen molar-refractivity contribution in [3.63, 3.8) is 0 Å². The van der Waals surface area contributed by atoms with Gasteiger partial charge in [-0.3, -0.25) is 9.59 Å². The van der Waals surface area contributed by atoms with Crippen molar-refractivity contribution < 1.29 is 41.7 Å². The van der Waals surface area contributed by atoms with Crippen LogP contribution in [0.5, 0.6) is 11.5 Å². The number of alkyl halides is 3. The van der Waals surface area contributed by atoms with E-state index in [0.29, 0.717) is 13.0 Å². The van der Waals surface area contributed by atoms with Gasteiger partial charge in [0.2, 0.25) is 5.60 Å². The van der Waals surface area contributed by atoms with Gasteiger partial charge < -0.3 is 19.9 Å². The number of Topliss-reactive ketones (excluding diaryl/α,β-unsaturated/α-hetero) is 1. The number of hydrogen-bond donors (Lipinski definition) is 2. The van der Waals surface area contributed by atoms with E-state index >= 15 is 0 Å². The normalized spacial score (nSPS) is 16.8. The minimum atomic E-state index is -5.19. The molecule has 2 atom stereocenters. The number of aryl methyl sites for hydroxylation is 1. The Hall–Kier alpha value is -3.70. The number of nitrogens with one attached hydrogen (secondary N) is 1. The lowest BCUT2D eigenvalue weighted by atomic mass is 9.89. The van der Waals surface area contributed by atoms with Crippen LogP contribution in [0.4, 0.5) is 17.6 Å². The van der Waals surface area contributed by atoms with Crippen LogP contribution in [0.25, 0.3) is 11.3 Å². The van der Waals surface area contributed by atoms with Crippen LogP contribution in [0.2, 0.25) is 5.02 Å². The zero-order valence-electron chi connectivity index (χ0n) is 21.4. The van der Waals surface area contributed by atoms with Crippen LogP contribution in [0.15, 0.2) is 48.5 Å². The Labute approximate surface area is 232 Å². The van der Waals surface area contributed by atoms with E-state index in [1.54, 1.807) is 0 Å². The number of rotatable bonds is 9. The summed E-state index contributed by atoms with van der Waals surface area (Å²) in [6.07, 6.45) is -7.22. The monoisotopic (exact) mass is 580 g/mol. The van der Waals surface area contributed by atoms with Crippen molar-refractivity contribution in [3.05, 3.63) is 76.2 Å². The fourth-order valence-electron chi connectivity index (χ4n) is 4.30. The van der Waals surface area contributed by atoms with Gasteiger partial charge in [0.15, 0.2) is 11.9 Å². The highest BCUT2D eigenvalue weighted by Gasteiger charge is 2.56. The van der Waals surface area contributed by atoms with Gasteiger partial charge in [0.1, 0.15) is 23.0 Å². The molecule has 1 saturated heterocycles. The number of aromatic nitrogens is 1. The van der Waals surface area contributed by atoms with Crippen LogP contribution in [-0.2, 0) is 10.4 Å². The van der Waals surface area contributed by atoms with Gasteiger partial charge in [-0.1, -0.05) is 11.6 Å². The minimum Gasteiger partial charge on any atom is -0.494 e. The molecule has 1 aliphatic heterocycles. The van der Waals surface area contributed by atoms with Crippen LogP contribution in [0, 0.1) is 12.7 Å². The van der Waals surface area contributed by atoms with Crippen molar-refractivity contribution in [1.29, 1.82) is 0 Å². The number of aliphatic hydroxyl groups is 1. The zero-order chi connectivity index (χ0) is 29.2. The Balaban J connectivity index is 1.58. The fourth-order valence-corrected chi connectivity index (χ4v) is 4.53. The molecule has 2 heterocycles. The average molecular weight is 581 g/mol. The maximum Gasteiger partial charge on any atom is 0.422 e. The van der Waals surface area contributed by atoms with Gasteiger partial charge >= 0.3 is 6.18 Å². The van der Waals surface area contributed by atoms with Crippen molar-refractivity contribution in [2.24, 2.45) is 0 Å². The highest BCUT2D eigenvalue weighted by molar-refractivity contribution is 6.32. The van der Waals surface area contributed by atoms with Gasteiger partial charge in [-0.2, -0.15) is 13.2 Å². The first-order valence-electron chi connectivity index (χ1n) is 12.2. The summed E-state index contributed by atoms with van der Waals surface area (Å²) in [5.41, 5.74) is -3.74. The van der Waals surface area contributed by atoms with E-state index < -0.39 is 48.0 Å². The van der Waals surface area contributed by atoms with Gasteiger partial charge in [0.25, 0.3) is 5.91 Å². The van der Waals surface area contributed by atoms with Gasteiger partial charge in [-0.05, 0) is 67.4 Å². The number of halogens is 5. The molecule has 3 aromatic rings. The second kappa shape index (κ2) is 11.4. The van der Waals surface area contributed by atoms with Crippen LogP contribution < -0.4 is 14.8 Å². The van der Waals surface area contributed by atoms with Crippen molar-refractivity contribution in [2.45, 2.75) is 44.1 Å².